The Morgan fingerprint density at radius 3 is 2.75 bits per heavy atom. The number of hydrogen-bond donors (Lipinski definition) is 3. The highest BCUT2D eigenvalue weighted by Gasteiger charge is 2.18. The van der Waals surface area contributed by atoms with Crippen LogP contribution in [0.3, 0.4) is 0 Å². The highest BCUT2D eigenvalue weighted by molar-refractivity contribution is 5.64. The van der Waals surface area contributed by atoms with Crippen LogP contribution >= 0.6 is 0 Å². The Morgan fingerprint density at radius 2 is 2.09 bits per heavy atom. The minimum absolute atomic E-state index is 0.106. The van der Waals surface area contributed by atoms with E-state index in [0.717, 1.165) is 30.7 Å². The molecule has 0 saturated heterocycles. The average Bonchev–Trinajstić information content (AvgIpc) is 3.25. The van der Waals surface area contributed by atoms with E-state index in [-0.39, 0.29) is 12.0 Å². The first-order valence-electron chi connectivity index (χ1n) is 11.2. The third-order valence-corrected chi connectivity index (χ3v) is 5.69. The minimum Gasteiger partial charge on any atom is -0.489 e. The van der Waals surface area contributed by atoms with Crippen LogP contribution in [0.4, 0.5) is 5.95 Å². The van der Waals surface area contributed by atoms with Gasteiger partial charge in [-0.1, -0.05) is 19.4 Å². The lowest BCUT2D eigenvalue weighted by Gasteiger charge is -2.24. The molecular formula is C23H35N7O2. The van der Waals surface area contributed by atoms with E-state index in [1.165, 1.54) is 24.3 Å². The van der Waals surface area contributed by atoms with Crippen molar-refractivity contribution in [2.24, 2.45) is 11.6 Å². The zero-order valence-corrected chi connectivity index (χ0v) is 19.3. The van der Waals surface area contributed by atoms with Gasteiger partial charge in [0, 0.05) is 13.0 Å². The zero-order chi connectivity index (χ0) is 23.1. The summed E-state index contributed by atoms with van der Waals surface area (Å²) in [5.74, 6) is 7.90. The number of pyridine rings is 1. The molecule has 3 rings (SSSR count). The molecule has 2 heterocycles. The number of anilines is 1. The molecule has 0 amide bonds. The fraction of sp³-hybridized carbons (Fsp3) is 0.522. The highest BCUT2D eigenvalue weighted by Crippen LogP contribution is 2.26. The molecule has 32 heavy (non-hydrogen) atoms. The molecule has 9 nitrogen and oxygen atoms in total. The second-order valence-electron chi connectivity index (χ2n) is 8.36. The van der Waals surface area contributed by atoms with Crippen molar-refractivity contribution in [3.8, 4) is 5.75 Å². The molecule has 1 saturated carbocycles. The van der Waals surface area contributed by atoms with E-state index in [0.29, 0.717) is 35.5 Å². The maximum atomic E-state index is 6.44. The third kappa shape index (κ3) is 6.00. The number of nitrogens with one attached hydrogen (secondary N) is 1. The van der Waals surface area contributed by atoms with Crippen LogP contribution < -0.4 is 21.6 Å². The van der Waals surface area contributed by atoms with Crippen molar-refractivity contribution in [1.29, 1.82) is 0 Å². The number of aromatic nitrogens is 3. The van der Waals surface area contributed by atoms with Gasteiger partial charge < -0.3 is 25.3 Å². The Morgan fingerprint density at radius 1 is 1.34 bits per heavy atom. The average molecular weight is 442 g/mol. The predicted octanol–water partition coefficient (Wildman–Crippen LogP) is 3.71. The van der Waals surface area contributed by atoms with Gasteiger partial charge in [0.1, 0.15) is 5.75 Å². The fourth-order valence-electron chi connectivity index (χ4n) is 3.76. The lowest BCUT2D eigenvalue weighted by Crippen LogP contribution is -2.32. The topological polar surface area (TPSA) is 128 Å². The van der Waals surface area contributed by atoms with E-state index in [2.05, 4.69) is 27.0 Å². The summed E-state index contributed by atoms with van der Waals surface area (Å²) in [5.41, 5.74) is 9.01. The summed E-state index contributed by atoms with van der Waals surface area (Å²) in [6.07, 6.45) is 8.79. The highest BCUT2D eigenvalue weighted by atomic mass is 16.5. The van der Waals surface area contributed by atoms with Gasteiger partial charge in [-0.2, -0.15) is 4.98 Å². The van der Waals surface area contributed by atoms with Crippen molar-refractivity contribution >= 4 is 11.6 Å². The first-order valence-corrected chi connectivity index (χ1v) is 11.2. The number of hydrogen-bond acceptors (Lipinski definition) is 9. The first kappa shape index (κ1) is 23.6. The predicted molar refractivity (Wildman–Crippen MR) is 126 cm³/mol. The Labute approximate surface area is 189 Å². The van der Waals surface area contributed by atoms with Gasteiger partial charge in [0.05, 0.1) is 35.4 Å². The molecule has 9 heteroatoms. The van der Waals surface area contributed by atoms with Crippen LogP contribution in [0, 0.1) is 6.92 Å². The summed E-state index contributed by atoms with van der Waals surface area (Å²) in [7, 11) is 1.73. The molecule has 0 spiro atoms. The number of hydrazine groups is 1. The minimum atomic E-state index is 0.106. The summed E-state index contributed by atoms with van der Waals surface area (Å²) in [6.45, 7) is 8.00. The lowest BCUT2D eigenvalue weighted by atomic mass is 9.98. The van der Waals surface area contributed by atoms with Gasteiger partial charge in [-0.15, -0.1) is 6.58 Å². The maximum absolute atomic E-state index is 6.44. The van der Waals surface area contributed by atoms with Crippen molar-refractivity contribution in [2.75, 3.05) is 18.9 Å². The molecule has 1 unspecified atom stereocenters. The zero-order valence-electron chi connectivity index (χ0n) is 19.3. The van der Waals surface area contributed by atoms with Crippen LogP contribution in [-0.2, 0) is 0 Å². The van der Waals surface area contributed by atoms with Crippen LogP contribution in [0.5, 0.6) is 5.75 Å². The van der Waals surface area contributed by atoms with Crippen molar-refractivity contribution in [1.82, 2.24) is 20.1 Å². The monoisotopic (exact) mass is 441 g/mol. The van der Waals surface area contributed by atoms with Crippen LogP contribution in [0.25, 0.3) is 5.70 Å². The molecule has 2 aromatic heterocycles. The molecular weight excluding hydrogens is 406 g/mol. The normalized spacial score (nSPS) is 16.2. The molecule has 1 fully saturated rings. The second kappa shape index (κ2) is 11.0. The number of aryl methyl sites for hydroxylation is 1. The van der Waals surface area contributed by atoms with Gasteiger partial charge in [0.15, 0.2) is 0 Å². The van der Waals surface area contributed by atoms with Crippen LogP contribution in [0.15, 0.2) is 35.0 Å². The van der Waals surface area contributed by atoms with Crippen molar-refractivity contribution in [3.63, 3.8) is 0 Å². The maximum Gasteiger partial charge on any atom is 0.263 e. The van der Waals surface area contributed by atoms with Crippen LogP contribution in [-0.4, -0.2) is 39.8 Å². The molecule has 0 radical (unpaired) electrons. The van der Waals surface area contributed by atoms with E-state index in [9.17, 15) is 0 Å². The largest absolute Gasteiger partial charge is 0.489 e. The van der Waals surface area contributed by atoms with Gasteiger partial charge in [0.2, 0.25) is 5.89 Å². The molecule has 1 atom stereocenters. The van der Waals surface area contributed by atoms with E-state index < -0.39 is 0 Å². The SMILES string of the molecule is C=CCC(C)c1nc(NC/C(=C(/N)c2ccc(OC3CCCCC3)c(C)n2)N(C)N)no1. The van der Waals surface area contributed by atoms with E-state index in [4.69, 9.17) is 20.8 Å². The van der Waals surface area contributed by atoms with E-state index in [1.807, 2.05) is 32.1 Å². The van der Waals surface area contributed by atoms with E-state index in [1.54, 1.807) is 7.05 Å². The number of nitrogens with zero attached hydrogens (tertiary/aromatic N) is 4. The molecule has 2 aromatic rings. The van der Waals surface area contributed by atoms with E-state index >= 15 is 0 Å². The van der Waals surface area contributed by atoms with Crippen LogP contribution in [0.2, 0.25) is 0 Å². The van der Waals surface area contributed by atoms with Gasteiger partial charge in [-0.05, 0) is 56.3 Å². The Balaban J connectivity index is 1.71. The molecule has 0 aromatic carbocycles. The Kier molecular flexibility index (Phi) is 8.10. The Bertz CT molecular complexity index is 932. The quantitative estimate of drug-likeness (QED) is 0.287. The third-order valence-electron chi connectivity index (χ3n) is 5.69. The van der Waals surface area contributed by atoms with Gasteiger partial charge in [-0.25, -0.2) is 10.8 Å². The summed E-state index contributed by atoms with van der Waals surface area (Å²) in [5, 5.41) is 8.56. The molecule has 1 aliphatic carbocycles. The van der Waals surface area contributed by atoms with Crippen LogP contribution in [0.1, 0.15) is 68.6 Å². The van der Waals surface area contributed by atoms with Gasteiger partial charge >= 0.3 is 0 Å². The standard InChI is InChI=1S/C23H35N7O2/c1-5-9-15(2)22-28-23(29-32-22)26-14-19(30(4)25)21(24)18-12-13-20(16(3)27-18)31-17-10-7-6-8-11-17/h5,12-13,15,17H,1,6-11,14,24-25H2,2-4H3,(H,26,29)/b21-19-. The second-order valence-corrected chi connectivity index (χ2v) is 8.36. The molecule has 1 aliphatic rings. The molecule has 0 bridgehead atoms. The summed E-state index contributed by atoms with van der Waals surface area (Å²) < 4.78 is 11.5. The Hall–Kier alpha value is -3.07. The number of allylic oxidation sites excluding steroid dienone is 1. The summed E-state index contributed by atoms with van der Waals surface area (Å²) in [4.78, 5) is 9.05. The molecule has 174 valence electrons. The summed E-state index contributed by atoms with van der Waals surface area (Å²) >= 11 is 0. The number of nitrogens with two attached hydrogens (primary N) is 2. The van der Waals surface area contributed by atoms with Gasteiger partial charge in [0.25, 0.3) is 5.95 Å². The summed E-state index contributed by atoms with van der Waals surface area (Å²) in [6, 6.07) is 3.81. The molecule has 0 aliphatic heterocycles. The van der Waals surface area contributed by atoms with Crippen molar-refractivity contribution < 1.29 is 9.26 Å². The number of rotatable bonds is 10. The number of likely N-dealkylation sites (N-methyl/N-ethyl adjacent to an activating group) is 1. The fourth-order valence-corrected chi connectivity index (χ4v) is 3.76. The lowest BCUT2D eigenvalue weighted by molar-refractivity contribution is 0.153. The first-order chi connectivity index (χ1) is 15.4. The number of ether oxygens (including phenoxy) is 1. The smallest absolute Gasteiger partial charge is 0.263 e. The van der Waals surface area contributed by atoms with Crippen molar-refractivity contribution in [3.05, 3.63) is 47.8 Å². The van der Waals surface area contributed by atoms with Crippen molar-refractivity contribution in [2.45, 2.75) is 64.4 Å². The van der Waals surface area contributed by atoms with Gasteiger partial charge in [-0.3, -0.25) is 0 Å². The molecule has 5 N–H and O–H groups in total.